The molecule has 1 aromatic heterocycles. The van der Waals surface area contributed by atoms with Gasteiger partial charge >= 0.3 is 0 Å². The van der Waals surface area contributed by atoms with Crippen LogP contribution < -0.4 is 10.5 Å². The van der Waals surface area contributed by atoms with Crippen LogP contribution in [0.15, 0.2) is 28.8 Å². The van der Waals surface area contributed by atoms with Gasteiger partial charge < -0.3 is 15.0 Å². The number of hydrogen-bond donors (Lipinski definition) is 1. The van der Waals surface area contributed by atoms with Crippen molar-refractivity contribution in [3.8, 4) is 17.1 Å². The summed E-state index contributed by atoms with van der Waals surface area (Å²) in [7, 11) is 1.63. The van der Waals surface area contributed by atoms with Crippen molar-refractivity contribution in [2.24, 2.45) is 5.73 Å². The highest BCUT2D eigenvalue weighted by Gasteiger charge is 2.16. The molecule has 5 heteroatoms. The van der Waals surface area contributed by atoms with Gasteiger partial charge in [-0.2, -0.15) is 4.98 Å². The topological polar surface area (TPSA) is 74.2 Å². The average Bonchev–Trinajstić information content (AvgIpc) is 2.90. The Kier molecular flexibility index (Phi) is 3.94. The van der Waals surface area contributed by atoms with E-state index in [9.17, 15) is 0 Å². The second-order valence-electron chi connectivity index (χ2n) is 4.03. The number of aromatic nitrogens is 2. The monoisotopic (exact) mass is 247 g/mol. The summed E-state index contributed by atoms with van der Waals surface area (Å²) in [6, 6.07) is 7.53. The number of rotatable bonds is 5. The van der Waals surface area contributed by atoms with Gasteiger partial charge in [-0.25, -0.2) is 0 Å². The van der Waals surface area contributed by atoms with Gasteiger partial charge in [0.15, 0.2) is 0 Å². The molecule has 0 spiro atoms. The maximum Gasteiger partial charge on any atom is 0.231 e. The smallest absolute Gasteiger partial charge is 0.231 e. The zero-order valence-corrected chi connectivity index (χ0v) is 10.6. The molecule has 5 nitrogen and oxygen atoms in total. The van der Waals surface area contributed by atoms with E-state index < -0.39 is 0 Å². The highest BCUT2D eigenvalue weighted by Crippen LogP contribution is 2.22. The molecule has 0 amide bonds. The van der Waals surface area contributed by atoms with Crippen LogP contribution in [0.2, 0.25) is 0 Å². The van der Waals surface area contributed by atoms with E-state index in [0.717, 1.165) is 17.7 Å². The molecule has 2 N–H and O–H groups in total. The Hall–Kier alpha value is -1.88. The summed E-state index contributed by atoms with van der Waals surface area (Å²) < 4.78 is 10.3. The second-order valence-corrected chi connectivity index (χ2v) is 4.03. The Balaban J connectivity index is 2.23. The first-order chi connectivity index (χ1) is 8.78. The number of benzene rings is 1. The molecule has 1 aromatic carbocycles. The van der Waals surface area contributed by atoms with Gasteiger partial charge in [0.05, 0.1) is 13.0 Å². The Labute approximate surface area is 106 Å². The van der Waals surface area contributed by atoms with Crippen LogP contribution in [-0.4, -0.2) is 23.8 Å². The van der Waals surface area contributed by atoms with Gasteiger partial charge in [-0.05, 0) is 30.7 Å². The predicted molar refractivity (Wildman–Crippen MR) is 68.4 cm³/mol. The zero-order valence-electron chi connectivity index (χ0n) is 10.6. The van der Waals surface area contributed by atoms with Crippen molar-refractivity contribution in [2.75, 3.05) is 13.7 Å². The van der Waals surface area contributed by atoms with Gasteiger partial charge in [-0.1, -0.05) is 12.1 Å². The lowest BCUT2D eigenvalue weighted by Gasteiger charge is -2.04. The van der Waals surface area contributed by atoms with Gasteiger partial charge in [-0.3, -0.25) is 0 Å². The van der Waals surface area contributed by atoms with Gasteiger partial charge in [0.25, 0.3) is 0 Å². The van der Waals surface area contributed by atoms with Crippen LogP contribution >= 0.6 is 0 Å². The van der Waals surface area contributed by atoms with Crippen LogP contribution in [0.3, 0.4) is 0 Å². The normalized spacial score (nSPS) is 12.4. The van der Waals surface area contributed by atoms with Crippen LogP contribution in [0.25, 0.3) is 11.4 Å². The molecule has 0 aliphatic heterocycles. The van der Waals surface area contributed by atoms with Crippen molar-refractivity contribution in [2.45, 2.75) is 19.3 Å². The maximum absolute atomic E-state index is 5.66. The molecule has 2 rings (SSSR count). The minimum Gasteiger partial charge on any atom is -0.497 e. The molecule has 0 saturated carbocycles. The minimum absolute atomic E-state index is 0.129. The van der Waals surface area contributed by atoms with Crippen LogP contribution in [-0.2, 0) is 0 Å². The SMILES string of the molecule is CCC(CN)c1nc(-c2ccc(OC)cc2)no1. The van der Waals surface area contributed by atoms with E-state index in [1.54, 1.807) is 7.11 Å². The first-order valence-electron chi connectivity index (χ1n) is 5.96. The fourth-order valence-electron chi connectivity index (χ4n) is 1.70. The third kappa shape index (κ3) is 2.51. The van der Waals surface area contributed by atoms with E-state index in [1.165, 1.54) is 0 Å². The van der Waals surface area contributed by atoms with Crippen LogP contribution in [0.1, 0.15) is 25.2 Å². The Morgan fingerprint density at radius 3 is 2.61 bits per heavy atom. The zero-order chi connectivity index (χ0) is 13.0. The van der Waals surface area contributed by atoms with Gasteiger partial charge in [0, 0.05) is 12.1 Å². The fraction of sp³-hybridized carbons (Fsp3) is 0.385. The lowest BCUT2D eigenvalue weighted by Crippen LogP contribution is -2.11. The molecular formula is C13H17N3O2. The van der Waals surface area contributed by atoms with Crippen molar-refractivity contribution in [1.82, 2.24) is 10.1 Å². The molecule has 1 atom stereocenters. The summed E-state index contributed by atoms with van der Waals surface area (Å²) in [5.41, 5.74) is 6.56. The van der Waals surface area contributed by atoms with E-state index in [0.29, 0.717) is 18.3 Å². The standard InChI is InChI=1S/C13H17N3O2/c1-3-9(8-14)13-15-12(16-18-13)10-4-6-11(17-2)7-5-10/h4-7,9H,3,8,14H2,1-2H3. The van der Waals surface area contributed by atoms with E-state index in [-0.39, 0.29) is 5.92 Å². The quantitative estimate of drug-likeness (QED) is 0.876. The number of nitrogens with zero attached hydrogens (tertiary/aromatic N) is 2. The van der Waals surface area contributed by atoms with Crippen molar-refractivity contribution in [3.05, 3.63) is 30.2 Å². The van der Waals surface area contributed by atoms with Gasteiger partial charge in [-0.15, -0.1) is 0 Å². The summed E-state index contributed by atoms with van der Waals surface area (Å²) in [4.78, 5) is 4.38. The third-order valence-electron chi connectivity index (χ3n) is 2.92. The highest BCUT2D eigenvalue weighted by molar-refractivity contribution is 5.55. The summed E-state index contributed by atoms with van der Waals surface area (Å²) in [5.74, 6) is 2.12. The van der Waals surface area contributed by atoms with Gasteiger partial charge in [0.2, 0.25) is 11.7 Å². The highest BCUT2D eigenvalue weighted by atomic mass is 16.5. The molecule has 0 aliphatic carbocycles. The Morgan fingerprint density at radius 2 is 2.06 bits per heavy atom. The van der Waals surface area contributed by atoms with E-state index in [4.69, 9.17) is 15.0 Å². The summed E-state index contributed by atoms with van der Waals surface area (Å²) in [5, 5.41) is 3.98. The van der Waals surface area contributed by atoms with E-state index in [2.05, 4.69) is 17.1 Å². The average molecular weight is 247 g/mol. The van der Waals surface area contributed by atoms with Crippen molar-refractivity contribution >= 4 is 0 Å². The third-order valence-corrected chi connectivity index (χ3v) is 2.92. The fourth-order valence-corrected chi connectivity index (χ4v) is 1.70. The minimum atomic E-state index is 0.129. The van der Waals surface area contributed by atoms with Crippen molar-refractivity contribution in [1.29, 1.82) is 0 Å². The van der Waals surface area contributed by atoms with Crippen LogP contribution in [0.5, 0.6) is 5.75 Å². The molecule has 0 fully saturated rings. The molecule has 0 radical (unpaired) electrons. The molecule has 2 aromatic rings. The molecule has 0 saturated heterocycles. The molecule has 1 unspecified atom stereocenters. The molecule has 96 valence electrons. The molecule has 0 bridgehead atoms. The second kappa shape index (κ2) is 5.64. The number of nitrogens with two attached hydrogens (primary N) is 1. The lowest BCUT2D eigenvalue weighted by molar-refractivity contribution is 0.351. The first-order valence-corrected chi connectivity index (χ1v) is 5.96. The van der Waals surface area contributed by atoms with Crippen molar-refractivity contribution < 1.29 is 9.26 Å². The molecular weight excluding hydrogens is 230 g/mol. The number of methoxy groups -OCH3 is 1. The van der Waals surface area contributed by atoms with Gasteiger partial charge in [0.1, 0.15) is 5.75 Å². The van der Waals surface area contributed by atoms with Crippen molar-refractivity contribution in [3.63, 3.8) is 0 Å². The van der Waals surface area contributed by atoms with E-state index >= 15 is 0 Å². The lowest BCUT2D eigenvalue weighted by atomic mass is 10.1. The molecule has 18 heavy (non-hydrogen) atoms. The number of hydrogen-bond acceptors (Lipinski definition) is 5. The largest absolute Gasteiger partial charge is 0.497 e. The summed E-state index contributed by atoms with van der Waals surface area (Å²) in [6.07, 6.45) is 0.890. The Bertz CT molecular complexity index is 489. The number of ether oxygens (including phenoxy) is 1. The molecule has 0 aliphatic rings. The van der Waals surface area contributed by atoms with Crippen LogP contribution in [0, 0.1) is 0 Å². The summed E-state index contributed by atoms with van der Waals surface area (Å²) >= 11 is 0. The Morgan fingerprint density at radius 1 is 1.33 bits per heavy atom. The summed E-state index contributed by atoms with van der Waals surface area (Å²) in [6.45, 7) is 2.57. The van der Waals surface area contributed by atoms with Crippen LogP contribution in [0.4, 0.5) is 0 Å². The predicted octanol–water partition coefficient (Wildman–Crippen LogP) is 2.20. The maximum atomic E-state index is 5.66. The molecule has 1 heterocycles. The van der Waals surface area contributed by atoms with E-state index in [1.807, 2.05) is 24.3 Å². The first kappa shape index (κ1) is 12.6.